The second-order valence-electron chi connectivity index (χ2n) is 4.01. The van der Waals surface area contributed by atoms with E-state index in [1.165, 1.54) is 25.7 Å². The first kappa shape index (κ1) is 14.8. The van der Waals surface area contributed by atoms with Gasteiger partial charge < -0.3 is 10.6 Å². The predicted molar refractivity (Wildman–Crippen MR) is 66.7 cm³/mol. The molecule has 0 amide bonds. The van der Waals surface area contributed by atoms with Crippen molar-refractivity contribution in [1.82, 2.24) is 15.8 Å². The summed E-state index contributed by atoms with van der Waals surface area (Å²) in [6, 6.07) is 0. The SMILES string of the molecule is C1CCNNCC1.CCCN(C)CCN. The highest BCUT2D eigenvalue weighted by molar-refractivity contribution is 4.51. The van der Waals surface area contributed by atoms with Gasteiger partial charge in [0.25, 0.3) is 0 Å². The lowest BCUT2D eigenvalue weighted by atomic mass is 10.2. The van der Waals surface area contributed by atoms with E-state index in [0.717, 1.165) is 32.7 Å². The molecule has 0 spiro atoms. The lowest BCUT2D eigenvalue weighted by molar-refractivity contribution is 0.344. The molecule has 0 aromatic carbocycles. The quantitative estimate of drug-likeness (QED) is 0.642. The molecular formula is C11H28N4. The molecule has 0 bridgehead atoms. The van der Waals surface area contributed by atoms with Gasteiger partial charge in [-0.05, 0) is 32.9 Å². The zero-order valence-electron chi connectivity index (χ0n) is 10.4. The molecule has 0 saturated carbocycles. The molecule has 0 aromatic rings. The van der Waals surface area contributed by atoms with Crippen molar-refractivity contribution in [1.29, 1.82) is 0 Å². The highest BCUT2D eigenvalue weighted by Crippen LogP contribution is 1.93. The highest BCUT2D eigenvalue weighted by Gasteiger charge is 1.93. The predicted octanol–water partition coefficient (Wildman–Crippen LogP) is 0.551. The second-order valence-corrected chi connectivity index (χ2v) is 4.01. The van der Waals surface area contributed by atoms with Gasteiger partial charge in [0, 0.05) is 26.2 Å². The third-order valence-corrected chi connectivity index (χ3v) is 2.34. The molecule has 4 nitrogen and oxygen atoms in total. The van der Waals surface area contributed by atoms with E-state index in [4.69, 9.17) is 5.73 Å². The van der Waals surface area contributed by atoms with Gasteiger partial charge in [0.2, 0.25) is 0 Å². The summed E-state index contributed by atoms with van der Waals surface area (Å²) in [7, 11) is 2.09. The molecule has 1 saturated heterocycles. The number of hydrogen-bond acceptors (Lipinski definition) is 4. The van der Waals surface area contributed by atoms with Gasteiger partial charge in [-0.1, -0.05) is 13.3 Å². The molecule has 4 N–H and O–H groups in total. The largest absolute Gasteiger partial charge is 0.329 e. The van der Waals surface area contributed by atoms with Crippen LogP contribution in [0.3, 0.4) is 0 Å². The van der Waals surface area contributed by atoms with Gasteiger partial charge in [-0.3, -0.25) is 10.9 Å². The number of rotatable bonds is 4. The van der Waals surface area contributed by atoms with Crippen LogP contribution in [0.5, 0.6) is 0 Å². The van der Waals surface area contributed by atoms with E-state index in [0.29, 0.717) is 0 Å². The number of likely N-dealkylation sites (N-methyl/N-ethyl adjacent to an activating group) is 1. The maximum Gasteiger partial charge on any atom is 0.0102 e. The molecular weight excluding hydrogens is 188 g/mol. The minimum atomic E-state index is 0.774. The van der Waals surface area contributed by atoms with Crippen molar-refractivity contribution in [2.75, 3.05) is 39.8 Å². The molecule has 92 valence electrons. The van der Waals surface area contributed by atoms with Crippen LogP contribution in [0.2, 0.25) is 0 Å². The van der Waals surface area contributed by atoms with Crippen LogP contribution < -0.4 is 16.6 Å². The molecule has 15 heavy (non-hydrogen) atoms. The molecule has 0 aromatic heterocycles. The Labute approximate surface area is 94.6 Å². The average Bonchev–Trinajstić information content (AvgIpc) is 2.50. The first-order chi connectivity index (χ1) is 7.31. The van der Waals surface area contributed by atoms with E-state index in [1.807, 2.05) is 0 Å². The van der Waals surface area contributed by atoms with Crippen LogP contribution in [0.4, 0.5) is 0 Å². The van der Waals surface area contributed by atoms with E-state index in [2.05, 4.69) is 29.7 Å². The minimum Gasteiger partial charge on any atom is -0.329 e. The summed E-state index contributed by atoms with van der Waals surface area (Å²) < 4.78 is 0. The average molecular weight is 216 g/mol. The van der Waals surface area contributed by atoms with Crippen molar-refractivity contribution < 1.29 is 0 Å². The van der Waals surface area contributed by atoms with E-state index in [9.17, 15) is 0 Å². The summed E-state index contributed by atoms with van der Waals surface area (Å²) in [5, 5.41) is 0. The molecule has 1 fully saturated rings. The number of nitrogens with one attached hydrogen (secondary N) is 2. The van der Waals surface area contributed by atoms with Crippen LogP contribution in [0, 0.1) is 0 Å². The molecule has 4 heteroatoms. The van der Waals surface area contributed by atoms with Crippen molar-refractivity contribution in [3.63, 3.8) is 0 Å². The van der Waals surface area contributed by atoms with E-state index in [1.54, 1.807) is 0 Å². The van der Waals surface area contributed by atoms with Crippen molar-refractivity contribution in [2.24, 2.45) is 5.73 Å². The molecule has 1 aliphatic heterocycles. The zero-order chi connectivity index (χ0) is 11.4. The Hall–Kier alpha value is -0.160. The fraction of sp³-hybridized carbons (Fsp3) is 1.00. The van der Waals surface area contributed by atoms with Gasteiger partial charge in [-0.15, -0.1) is 0 Å². The van der Waals surface area contributed by atoms with E-state index in [-0.39, 0.29) is 0 Å². The first-order valence-electron chi connectivity index (χ1n) is 6.15. The summed E-state index contributed by atoms with van der Waals surface area (Å²) in [5.74, 6) is 0. The summed E-state index contributed by atoms with van der Waals surface area (Å²) in [6.07, 6.45) is 5.25. The maximum absolute atomic E-state index is 5.32. The monoisotopic (exact) mass is 216 g/mol. The van der Waals surface area contributed by atoms with Crippen LogP contribution in [-0.4, -0.2) is 44.7 Å². The minimum absolute atomic E-state index is 0.774. The van der Waals surface area contributed by atoms with E-state index < -0.39 is 0 Å². The summed E-state index contributed by atoms with van der Waals surface area (Å²) in [5.41, 5.74) is 11.5. The number of hydrazine groups is 1. The molecule has 0 atom stereocenters. The molecule has 0 unspecified atom stereocenters. The van der Waals surface area contributed by atoms with Gasteiger partial charge in [-0.2, -0.15) is 0 Å². The summed E-state index contributed by atoms with van der Waals surface area (Å²) in [6.45, 7) is 7.41. The molecule has 1 heterocycles. The topological polar surface area (TPSA) is 53.3 Å². The zero-order valence-corrected chi connectivity index (χ0v) is 10.4. The molecule has 0 aliphatic carbocycles. The Morgan fingerprint density at radius 3 is 2.13 bits per heavy atom. The van der Waals surface area contributed by atoms with Crippen molar-refractivity contribution in [3.05, 3.63) is 0 Å². The van der Waals surface area contributed by atoms with Crippen LogP contribution in [0.15, 0.2) is 0 Å². The van der Waals surface area contributed by atoms with Crippen molar-refractivity contribution in [3.8, 4) is 0 Å². The molecule has 1 rings (SSSR count). The molecule has 1 aliphatic rings. The molecule has 0 radical (unpaired) electrons. The first-order valence-corrected chi connectivity index (χ1v) is 6.15. The van der Waals surface area contributed by atoms with Gasteiger partial charge >= 0.3 is 0 Å². The third kappa shape index (κ3) is 11.8. The van der Waals surface area contributed by atoms with Crippen molar-refractivity contribution >= 4 is 0 Å². The maximum atomic E-state index is 5.32. The normalized spacial score (nSPS) is 16.8. The Morgan fingerprint density at radius 2 is 1.67 bits per heavy atom. The van der Waals surface area contributed by atoms with Gasteiger partial charge in [0.15, 0.2) is 0 Å². The van der Waals surface area contributed by atoms with Crippen LogP contribution in [0.1, 0.15) is 32.6 Å². The van der Waals surface area contributed by atoms with Gasteiger partial charge in [-0.25, -0.2) is 0 Å². The van der Waals surface area contributed by atoms with Crippen LogP contribution in [0.25, 0.3) is 0 Å². The Morgan fingerprint density at radius 1 is 1.07 bits per heavy atom. The van der Waals surface area contributed by atoms with Crippen molar-refractivity contribution in [2.45, 2.75) is 32.6 Å². The number of hydrogen-bond donors (Lipinski definition) is 3. The smallest absolute Gasteiger partial charge is 0.0102 e. The fourth-order valence-electron chi connectivity index (χ4n) is 1.49. The standard InChI is InChI=1S/C6H16N2.C5H12N2/c1-3-5-8(2)6-4-7;1-2-4-6-7-5-3-1/h3-7H2,1-2H3;6-7H,1-5H2. The van der Waals surface area contributed by atoms with Crippen LogP contribution in [-0.2, 0) is 0 Å². The summed E-state index contributed by atoms with van der Waals surface area (Å²) >= 11 is 0. The Balaban J connectivity index is 0.000000262. The number of nitrogens with two attached hydrogens (primary N) is 1. The Bertz CT molecular complexity index is 93.5. The highest BCUT2D eigenvalue weighted by atomic mass is 15.3. The van der Waals surface area contributed by atoms with Gasteiger partial charge in [0.1, 0.15) is 0 Å². The second kappa shape index (κ2) is 11.9. The van der Waals surface area contributed by atoms with Crippen LogP contribution >= 0.6 is 0 Å². The summed E-state index contributed by atoms with van der Waals surface area (Å²) in [4.78, 5) is 2.24. The van der Waals surface area contributed by atoms with E-state index >= 15 is 0 Å². The fourth-order valence-corrected chi connectivity index (χ4v) is 1.49. The lowest BCUT2D eigenvalue weighted by Crippen LogP contribution is -2.30. The van der Waals surface area contributed by atoms with Gasteiger partial charge in [0.05, 0.1) is 0 Å². The number of nitrogens with zero attached hydrogens (tertiary/aromatic N) is 1. The third-order valence-electron chi connectivity index (χ3n) is 2.34. The Kier molecular flexibility index (Phi) is 11.8. The lowest BCUT2D eigenvalue weighted by Gasteiger charge is -2.12.